The third kappa shape index (κ3) is 5.72. The highest BCUT2D eigenvalue weighted by molar-refractivity contribution is 7.89. The first kappa shape index (κ1) is 21.6. The van der Waals surface area contributed by atoms with E-state index in [4.69, 9.17) is 16.3 Å². The number of aryl methyl sites for hydroxylation is 1. The molecule has 8 heteroatoms. The maximum absolute atomic E-state index is 12.8. The van der Waals surface area contributed by atoms with Gasteiger partial charge in [0.15, 0.2) is 6.61 Å². The third-order valence-electron chi connectivity index (χ3n) is 4.97. The molecule has 1 saturated heterocycles. The van der Waals surface area contributed by atoms with E-state index in [0.717, 1.165) is 12.0 Å². The molecule has 1 amide bonds. The van der Waals surface area contributed by atoms with E-state index in [9.17, 15) is 13.2 Å². The van der Waals surface area contributed by atoms with E-state index in [2.05, 4.69) is 5.32 Å². The number of hydrogen-bond donors (Lipinski definition) is 1. The van der Waals surface area contributed by atoms with E-state index in [-0.39, 0.29) is 18.6 Å². The lowest BCUT2D eigenvalue weighted by atomic mass is 10.1. The second-order valence-corrected chi connectivity index (χ2v) is 9.36. The minimum Gasteiger partial charge on any atom is -0.484 e. The Morgan fingerprint density at radius 1 is 1.10 bits per heavy atom. The lowest BCUT2D eigenvalue weighted by molar-refractivity contribution is -0.124. The van der Waals surface area contributed by atoms with Gasteiger partial charge in [-0.05, 0) is 61.2 Å². The minimum absolute atomic E-state index is 0.0646. The third-order valence-corrected chi connectivity index (χ3v) is 7.14. The van der Waals surface area contributed by atoms with Crippen LogP contribution in [-0.4, -0.2) is 44.4 Å². The second-order valence-electron chi connectivity index (χ2n) is 6.99. The molecule has 0 bridgehead atoms. The molecule has 0 aliphatic carbocycles. The van der Waals surface area contributed by atoms with Gasteiger partial charge in [-0.1, -0.05) is 30.7 Å². The van der Waals surface area contributed by atoms with E-state index >= 15 is 0 Å². The van der Waals surface area contributed by atoms with Gasteiger partial charge in [-0.2, -0.15) is 4.31 Å². The van der Waals surface area contributed by atoms with Crippen LogP contribution in [0.3, 0.4) is 0 Å². The smallest absolute Gasteiger partial charge is 0.258 e. The summed E-state index contributed by atoms with van der Waals surface area (Å²) < 4.78 is 32.5. The molecule has 6 nitrogen and oxygen atoms in total. The predicted octanol–water partition coefficient (Wildman–Crippen LogP) is 3.25. The molecule has 2 aromatic carbocycles. The van der Waals surface area contributed by atoms with Gasteiger partial charge in [0.1, 0.15) is 5.75 Å². The number of sulfonamides is 1. The summed E-state index contributed by atoms with van der Waals surface area (Å²) >= 11 is 5.82. The van der Waals surface area contributed by atoms with Crippen LogP contribution in [0.1, 0.15) is 25.3 Å². The van der Waals surface area contributed by atoms with Crippen molar-refractivity contribution in [2.75, 3.05) is 19.7 Å². The van der Waals surface area contributed by atoms with Crippen molar-refractivity contribution in [3.05, 3.63) is 59.1 Å². The van der Waals surface area contributed by atoms with E-state index in [1.54, 1.807) is 36.4 Å². The molecule has 1 fully saturated rings. The molecule has 0 aromatic heterocycles. The summed E-state index contributed by atoms with van der Waals surface area (Å²) in [5, 5.41) is 3.52. The first-order valence-corrected chi connectivity index (χ1v) is 11.5. The van der Waals surface area contributed by atoms with E-state index in [1.165, 1.54) is 4.31 Å². The van der Waals surface area contributed by atoms with Crippen LogP contribution in [0.25, 0.3) is 0 Å². The van der Waals surface area contributed by atoms with Crippen LogP contribution >= 0.6 is 11.6 Å². The number of amides is 1. The molecular weight excluding hydrogens is 412 g/mol. The van der Waals surface area contributed by atoms with Crippen LogP contribution in [0.15, 0.2) is 53.4 Å². The van der Waals surface area contributed by atoms with E-state index in [0.29, 0.717) is 41.6 Å². The Kier molecular flexibility index (Phi) is 7.16. The van der Waals surface area contributed by atoms with Crippen molar-refractivity contribution in [2.24, 2.45) is 0 Å². The summed E-state index contributed by atoms with van der Waals surface area (Å²) in [5.41, 5.74) is 1.10. The fraction of sp³-hybridized carbons (Fsp3) is 0.381. The summed E-state index contributed by atoms with van der Waals surface area (Å²) in [7, 11) is -3.50. The zero-order valence-electron chi connectivity index (χ0n) is 16.3. The number of benzene rings is 2. The second kappa shape index (κ2) is 9.61. The number of halogens is 1. The quantitative estimate of drug-likeness (QED) is 0.722. The molecular formula is C21H25ClN2O4S. The van der Waals surface area contributed by atoms with Gasteiger partial charge in [-0.25, -0.2) is 8.42 Å². The van der Waals surface area contributed by atoms with Gasteiger partial charge in [0.05, 0.1) is 4.90 Å². The minimum atomic E-state index is -3.50. The lowest BCUT2D eigenvalue weighted by Gasteiger charge is -2.31. The van der Waals surface area contributed by atoms with Crippen LogP contribution < -0.4 is 10.1 Å². The van der Waals surface area contributed by atoms with Crippen molar-refractivity contribution in [2.45, 2.75) is 37.1 Å². The predicted molar refractivity (Wildman–Crippen MR) is 113 cm³/mol. The van der Waals surface area contributed by atoms with Gasteiger partial charge in [-0.3, -0.25) is 4.79 Å². The van der Waals surface area contributed by atoms with Gasteiger partial charge in [-0.15, -0.1) is 0 Å². The summed E-state index contributed by atoms with van der Waals surface area (Å²) in [6, 6.07) is 13.7. The number of piperidine rings is 1. The van der Waals surface area contributed by atoms with Crippen LogP contribution in [0.2, 0.25) is 5.02 Å². The maximum atomic E-state index is 12.8. The summed E-state index contributed by atoms with van der Waals surface area (Å²) in [6.45, 7) is 2.69. The van der Waals surface area contributed by atoms with Gasteiger partial charge < -0.3 is 10.1 Å². The number of nitrogens with zero attached hydrogens (tertiary/aromatic N) is 1. The van der Waals surface area contributed by atoms with E-state index in [1.807, 2.05) is 19.1 Å². The molecule has 1 N–H and O–H groups in total. The molecule has 0 atom stereocenters. The largest absolute Gasteiger partial charge is 0.484 e. The van der Waals surface area contributed by atoms with Gasteiger partial charge in [0.2, 0.25) is 10.0 Å². The average Bonchev–Trinajstić information content (AvgIpc) is 2.74. The van der Waals surface area contributed by atoms with Gasteiger partial charge in [0, 0.05) is 24.2 Å². The Labute approximate surface area is 176 Å². The standard InChI is InChI=1S/C21H25ClN2O4S/c1-2-16-3-9-20(10-4-16)29(26,27)24-13-11-18(12-14-24)23-21(25)15-28-19-7-5-17(22)6-8-19/h3-10,18H,2,11-15H2,1H3,(H,23,25). The van der Waals surface area contributed by atoms with Gasteiger partial charge >= 0.3 is 0 Å². The van der Waals surface area contributed by atoms with Crippen molar-refractivity contribution in [3.63, 3.8) is 0 Å². The zero-order valence-corrected chi connectivity index (χ0v) is 17.9. The van der Waals surface area contributed by atoms with Crippen LogP contribution in [-0.2, 0) is 21.2 Å². The molecule has 2 aromatic rings. The Morgan fingerprint density at radius 2 is 1.72 bits per heavy atom. The highest BCUT2D eigenvalue weighted by Gasteiger charge is 2.29. The SMILES string of the molecule is CCc1ccc(S(=O)(=O)N2CCC(NC(=O)COc3ccc(Cl)cc3)CC2)cc1. The Hall–Kier alpha value is -2.09. The molecule has 1 aliphatic heterocycles. The Morgan fingerprint density at radius 3 is 2.31 bits per heavy atom. The monoisotopic (exact) mass is 436 g/mol. The van der Waals surface area contributed by atoms with Crippen LogP contribution in [0, 0.1) is 0 Å². The number of carbonyl (C=O) groups is 1. The van der Waals surface area contributed by atoms with Crippen molar-refractivity contribution < 1.29 is 17.9 Å². The lowest BCUT2D eigenvalue weighted by Crippen LogP contribution is -2.47. The molecule has 3 rings (SSSR count). The molecule has 0 unspecified atom stereocenters. The topological polar surface area (TPSA) is 75.7 Å². The van der Waals surface area contributed by atoms with E-state index < -0.39 is 10.0 Å². The highest BCUT2D eigenvalue weighted by atomic mass is 35.5. The number of ether oxygens (including phenoxy) is 1. The number of hydrogen-bond acceptors (Lipinski definition) is 4. The molecule has 0 spiro atoms. The average molecular weight is 437 g/mol. The summed E-state index contributed by atoms with van der Waals surface area (Å²) in [6.07, 6.45) is 2.01. The first-order valence-electron chi connectivity index (χ1n) is 9.65. The van der Waals surface area contributed by atoms with Crippen LogP contribution in [0.5, 0.6) is 5.75 Å². The zero-order chi connectivity index (χ0) is 20.9. The first-order chi connectivity index (χ1) is 13.9. The van der Waals surface area contributed by atoms with Crippen molar-refractivity contribution in [1.29, 1.82) is 0 Å². The fourth-order valence-corrected chi connectivity index (χ4v) is 4.83. The molecule has 29 heavy (non-hydrogen) atoms. The normalized spacial score (nSPS) is 15.8. The Bertz CT molecular complexity index is 922. The van der Waals surface area contributed by atoms with Crippen LogP contribution in [0.4, 0.5) is 0 Å². The fourth-order valence-electron chi connectivity index (χ4n) is 3.24. The molecule has 156 valence electrons. The van der Waals surface area contributed by atoms with Crippen molar-refractivity contribution >= 4 is 27.5 Å². The molecule has 0 saturated carbocycles. The van der Waals surface area contributed by atoms with Gasteiger partial charge in [0.25, 0.3) is 5.91 Å². The summed E-state index contributed by atoms with van der Waals surface area (Å²) in [4.78, 5) is 12.4. The molecule has 0 radical (unpaired) electrons. The number of carbonyl (C=O) groups excluding carboxylic acids is 1. The van der Waals surface area contributed by atoms with Crippen molar-refractivity contribution in [3.8, 4) is 5.75 Å². The molecule has 1 aliphatic rings. The molecule has 1 heterocycles. The van der Waals surface area contributed by atoms with Crippen molar-refractivity contribution in [1.82, 2.24) is 9.62 Å². The Balaban J connectivity index is 1.47. The maximum Gasteiger partial charge on any atom is 0.258 e. The number of nitrogens with one attached hydrogen (secondary N) is 1. The highest BCUT2D eigenvalue weighted by Crippen LogP contribution is 2.21. The summed E-state index contributed by atoms with van der Waals surface area (Å²) in [5.74, 6) is 0.343. The number of rotatable bonds is 7.